The van der Waals surface area contributed by atoms with Crippen LogP contribution in [0.2, 0.25) is 0 Å². The number of nitrogens with two attached hydrogens (primary N) is 1. The first-order valence-corrected chi connectivity index (χ1v) is 7.33. The molecule has 0 bridgehead atoms. The molecular formula is C16H22N2O2. The molecule has 0 saturated heterocycles. The number of rotatable bonds is 6. The number of anilines is 1. The predicted octanol–water partition coefficient (Wildman–Crippen LogP) is 1.94. The van der Waals surface area contributed by atoms with E-state index in [1.54, 1.807) is 7.11 Å². The molecule has 0 spiro atoms. The fourth-order valence-electron chi connectivity index (χ4n) is 2.85. The van der Waals surface area contributed by atoms with Crippen molar-refractivity contribution in [1.29, 1.82) is 0 Å². The minimum atomic E-state index is -0.288. The van der Waals surface area contributed by atoms with Gasteiger partial charge in [-0.25, -0.2) is 0 Å². The molecule has 0 unspecified atom stereocenters. The molecule has 0 aliphatic heterocycles. The Morgan fingerprint density at radius 1 is 1.35 bits per heavy atom. The lowest BCUT2D eigenvalue weighted by molar-refractivity contribution is -0.135. The van der Waals surface area contributed by atoms with E-state index in [0.717, 1.165) is 36.9 Å². The van der Waals surface area contributed by atoms with Gasteiger partial charge in [-0.3, -0.25) is 4.79 Å². The van der Waals surface area contributed by atoms with Gasteiger partial charge in [-0.1, -0.05) is 12.1 Å². The summed E-state index contributed by atoms with van der Waals surface area (Å²) in [5, 5.41) is 0. The maximum Gasteiger partial charge on any atom is 0.233 e. The molecule has 4 nitrogen and oxygen atoms in total. The highest BCUT2D eigenvalue weighted by Crippen LogP contribution is 2.50. The van der Waals surface area contributed by atoms with Crippen molar-refractivity contribution in [3.8, 4) is 0 Å². The van der Waals surface area contributed by atoms with Gasteiger partial charge in [0.2, 0.25) is 5.91 Å². The number of ether oxygens (including phenoxy) is 1. The zero-order chi connectivity index (χ0) is 14.2. The van der Waals surface area contributed by atoms with Crippen LogP contribution < -0.4 is 5.73 Å². The van der Waals surface area contributed by atoms with Gasteiger partial charge in [-0.2, -0.15) is 0 Å². The second-order valence-electron chi connectivity index (χ2n) is 5.93. The van der Waals surface area contributed by atoms with Crippen LogP contribution in [-0.2, 0) is 14.9 Å². The summed E-state index contributed by atoms with van der Waals surface area (Å²) in [5.41, 5.74) is 7.31. The molecule has 2 N–H and O–H groups in total. The van der Waals surface area contributed by atoms with Gasteiger partial charge in [-0.05, 0) is 43.4 Å². The van der Waals surface area contributed by atoms with Crippen molar-refractivity contribution in [3.63, 3.8) is 0 Å². The second kappa shape index (κ2) is 5.09. The molecule has 20 heavy (non-hydrogen) atoms. The Morgan fingerprint density at radius 2 is 2.00 bits per heavy atom. The number of benzene rings is 1. The summed E-state index contributed by atoms with van der Waals surface area (Å²) >= 11 is 0. The standard InChI is InChI=1S/C16H22N2O2/c1-20-11-10-18(14-6-7-14)15(19)16(8-9-16)12-2-4-13(17)5-3-12/h2-5,14H,6-11,17H2,1H3. The maximum absolute atomic E-state index is 12.9. The largest absolute Gasteiger partial charge is 0.399 e. The molecule has 1 aromatic rings. The number of nitrogen functional groups attached to an aromatic ring is 1. The van der Waals surface area contributed by atoms with Crippen molar-refractivity contribution in [3.05, 3.63) is 29.8 Å². The molecule has 3 rings (SSSR count). The van der Waals surface area contributed by atoms with Crippen LogP contribution in [0.4, 0.5) is 5.69 Å². The zero-order valence-corrected chi connectivity index (χ0v) is 12.0. The molecule has 1 amide bonds. The van der Waals surface area contributed by atoms with E-state index in [-0.39, 0.29) is 11.3 Å². The van der Waals surface area contributed by atoms with Gasteiger partial charge in [0.15, 0.2) is 0 Å². The quantitative estimate of drug-likeness (QED) is 0.807. The second-order valence-corrected chi connectivity index (χ2v) is 5.93. The fourth-order valence-corrected chi connectivity index (χ4v) is 2.85. The van der Waals surface area contributed by atoms with E-state index in [0.29, 0.717) is 19.2 Å². The molecular weight excluding hydrogens is 252 g/mol. The minimum Gasteiger partial charge on any atom is -0.399 e. The van der Waals surface area contributed by atoms with Gasteiger partial charge < -0.3 is 15.4 Å². The highest BCUT2D eigenvalue weighted by atomic mass is 16.5. The van der Waals surface area contributed by atoms with Crippen LogP contribution in [0.15, 0.2) is 24.3 Å². The first kappa shape index (κ1) is 13.4. The SMILES string of the molecule is COCCN(C(=O)C1(c2ccc(N)cc2)CC1)C1CC1. The van der Waals surface area contributed by atoms with E-state index in [9.17, 15) is 4.79 Å². The van der Waals surface area contributed by atoms with Crippen LogP contribution in [0.3, 0.4) is 0 Å². The number of amides is 1. The Kier molecular flexibility index (Phi) is 3.42. The maximum atomic E-state index is 12.9. The van der Waals surface area contributed by atoms with E-state index in [2.05, 4.69) is 0 Å². The number of carbonyl (C=O) groups excluding carboxylic acids is 1. The van der Waals surface area contributed by atoms with Gasteiger partial charge in [0.25, 0.3) is 0 Å². The highest BCUT2D eigenvalue weighted by molar-refractivity contribution is 5.91. The van der Waals surface area contributed by atoms with Gasteiger partial charge in [0, 0.05) is 25.4 Å². The Bertz CT molecular complexity index is 490. The third-order valence-electron chi connectivity index (χ3n) is 4.41. The van der Waals surface area contributed by atoms with Crippen LogP contribution in [-0.4, -0.2) is 37.1 Å². The molecule has 0 heterocycles. The smallest absolute Gasteiger partial charge is 0.233 e. The first-order chi connectivity index (χ1) is 9.67. The lowest BCUT2D eigenvalue weighted by Crippen LogP contribution is -2.42. The molecule has 2 saturated carbocycles. The number of methoxy groups -OCH3 is 1. The van der Waals surface area contributed by atoms with Crippen molar-refractivity contribution < 1.29 is 9.53 Å². The van der Waals surface area contributed by atoms with Crippen LogP contribution in [0, 0.1) is 0 Å². The van der Waals surface area contributed by atoms with Crippen molar-refractivity contribution in [1.82, 2.24) is 4.90 Å². The van der Waals surface area contributed by atoms with Gasteiger partial charge in [-0.15, -0.1) is 0 Å². The summed E-state index contributed by atoms with van der Waals surface area (Å²) in [5.74, 6) is 0.279. The number of nitrogens with zero attached hydrogens (tertiary/aromatic N) is 1. The van der Waals surface area contributed by atoms with Crippen LogP contribution in [0.25, 0.3) is 0 Å². The third kappa shape index (κ3) is 2.40. The summed E-state index contributed by atoms with van der Waals surface area (Å²) in [6.07, 6.45) is 4.17. The molecule has 1 aromatic carbocycles. The van der Waals surface area contributed by atoms with E-state index in [1.807, 2.05) is 29.2 Å². The van der Waals surface area contributed by atoms with E-state index in [4.69, 9.17) is 10.5 Å². The van der Waals surface area contributed by atoms with Crippen molar-refractivity contribution in [2.45, 2.75) is 37.1 Å². The molecule has 0 radical (unpaired) electrons. The normalized spacial score (nSPS) is 19.6. The third-order valence-corrected chi connectivity index (χ3v) is 4.41. The van der Waals surface area contributed by atoms with Crippen molar-refractivity contribution in [2.24, 2.45) is 0 Å². The topological polar surface area (TPSA) is 55.6 Å². The van der Waals surface area contributed by atoms with Crippen molar-refractivity contribution >= 4 is 11.6 Å². The first-order valence-electron chi connectivity index (χ1n) is 7.33. The molecule has 2 aliphatic rings. The van der Waals surface area contributed by atoms with E-state index in [1.165, 1.54) is 0 Å². The Labute approximate surface area is 119 Å². The molecule has 0 aromatic heterocycles. The molecule has 4 heteroatoms. The highest BCUT2D eigenvalue weighted by Gasteiger charge is 2.54. The number of carbonyl (C=O) groups is 1. The zero-order valence-electron chi connectivity index (χ0n) is 12.0. The Morgan fingerprint density at radius 3 is 2.50 bits per heavy atom. The Balaban J connectivity index is 1.79. The van der Waals surface area contributed by atoms with Crippen molar-refractivity contribution in [2.75, 3.05) is 26.0 Å². The van der Waals surface area contributed by atoms with Gasteiger partial charge in [0.05, 0.1) is 12.0 Å². The molecule has 108 valence electrons. The minimum absolute atomic E-state index is 0.279. The van der Waals surface area contributed by atoms with Crippen LogP contribution in [0.1, 0.15) is 31.2 Å². The Hall–Kier alpha value is -1.55. The summed E-state index contributed by atoms with van der Waals surface area (Å²) in [4.78, 5) is 15.0. The average molecular weight is 274 g/mol. The lowest BCUT2D eigenvalue weighted by Gasteiger charge is -2.27. The van der Waals surface area contributed by atoms with Gasteiger partial charge in [0.1, 0.15) is 0 Å². The number of hydrogen-bond acceptors (Lipinski definition) is 3. The van der Waals surface area contributed by atoms with E-state index >= 15 is 0 Å². The monoisotopic (exact) mass is 274 g/mol. The number of hydrogen-bond donors (Lipinski definition) is 1. The summed E-state index contributed by atoms with van der Waals surface area (Å²) in [6.45, 7) is 1.32. The molecule has 0 atom stereocenters. The predicted molar refractivity (Wildman–Crippen MR) is 78.4 cm³/mol. The van der Waals surface area contributed by atoms with Crippen LogP contribution in [0.5, 0.6) is 0 Å². The molecule has 2 fully saturated rings. The van der Waals surface area contributed by atoms with Crippen LogP contribution >= 0.6 is 0 Å². The fraction of sp³-hybridized carbons (Fsp3) is 0.562. The average Bonchev–Trinajstić information content (AvgIpc) is 3.33. The van der Waals surface area contributed by atoms with E-state index < -0.39 is 0 Å². The van der Waals surface area contributed by atoms with Gasteiger partial charge >= 0.3 is 0 Å². The summed E-state index contributed by atoms with van der Waals surface area (Å²) in [7, 11) is 1.68. The lowest BCUT2D eigenvalue weighted by atomic mass is 9.94. The summed E-state index contributed by atoms with van der Waals surface area (Å²) in [6, 6.07) is 8.21. The summed E-state index contributed by atoms with van der Waals surface area (Å²) < 4.78 is 5.14. The molecule has 2 aliphatic carbocycles.